The Kier molecular flexibility index (Phi) is 6.22. The molecule has 2 aromatic rings. The molecule has 24 heavy (non-hydrogen) atoms. The molecule has 0 N–H and O–H groups in total. The van der Waals surface area contributed by atoms with Gasteiger partial charge in [-0.05, 0) is 30.4 Å². The van der Waals surface area contributed by atoms with Crippen LogP contribution < -0.4 is 0 Å². The van der Waals surface area contributed by atoms with Crippen LogP contribution in [0.3, 0.4) is 0 Å². The molecule has 0 amide bonds. The minimum Gasteiger partial charge on any atom is -0.376 e. The van der Waals surface area contributed by atoms with Crippen LogP contribution in [-0.4, -0.2) is 13.2 Å². The highest BCUT2D eigenvalue weighted by Crippen LogP contribution is 2.34. The van der Waals surface area contributed by atoms with Crippen LogP contribution in [-0.2, 0) is 22.7 Å². The average Bonchev–Trinajstić information content (AvgIpc) is 2.64. The van der Waals surface area contributed by atoms with Gasteiger partial charge in [-0.1, -0.05) is 72.8 Å². The van der Waals surface area contributed by atoms with Crippen molar-refractivity contribution in [3.8, 4) is 0 Å². The van der Waals surface area contributed by atoms with Gasteiger partial charge < -0.3 is 9.47 Å². The molecule has 2 heteroatoms. The fourth-order valence-corrected chi connectivity index (χ4v) is 3.17. The summed E-state index contributed by atoms with van der Waals surface area (Å²) in [4.78, 5) is 0. The van der Waals surface area contributed by atoms with Crippen LogP contribution >= 0.6 is 0 Å². The number of benzene rings is 2. The summed E-state index contributed by atoms with van der Waals surface area (Å²) in [6.45, 7) is 2.85. The maximum Gasteiger partial charge on any atom is 0.0717 e. The monoisotopic (exact) mass is 322 g/mol. The first-order valence-electron chi connectivity index (χ1n) is 8.75. The molecule has 0 fully saturated rings. The first-order chi connectivity index (χ1) is 11.9. The second-order valence-corrected chi connectivity index (χ2v) is 6.67. The fraction of sp³-hybridized carbons (Fsp3) is 0.364. The maximum atomic E-state index is 6.05. The Labute approximate surface area is 145 Å². The summed E-state index contributed by atoms with van der Waals surface area (Å²) < 4.78 is 12.1. The van der Waals surface area contributed by atoms with Crippen molar-refractivity contribution in [2.24, 2.45) is 5.41 Å². The summed E-state index contributed by atoms with van der Waals surface area (Å²) >= 11 is 0. The van der Waals surface area contributed by atoms with Crippen LogP contribution in [0.25, 0.3) is 0 Å². The highest BCUT2D eigenvalue weighted by molar-refractivity contribution is 5.14. The first-order valence-corrected chi connectivity index (χ1v) is 8.75. The highest BCUT2D eigenvalue weighted by atomic mass is 16.5. The Morgan fingerprint density at radius 1 is 0.708 bits per heavy atom. The van der Waals surface area contributed by atoms with Crippen molar-refractivity contribution in [3.63, 3.8) is 0 Å². The maximum absolute atomic E-state index is 6.05. The lowest BCUT2D eigenvalue weighted by molar-refractivity contribution is -0.0376. The van der Waals surface area contributed by atoms with Gasteiger partial charge in [0.05, 0.1) is 26.4 Å². The van der Waals surface area contributed by atoms with Gasteiger partial charge >= 0.3 is 0 Å². The minimum absolute atomic E-state index is 0.109. The third-order valence-corrected chi connectivity index (χ3v) is 4.60. The third-order valence-electron chi connectivity index (χ3n) is 4.60. The molecule has 0 heterocycles. The van der Waals surface area contributed by atoms with Crippen LogP contribution in [0.1, 0.15) is 30.4 Å². The highest BCUT2D eigenvalue weighted by Gasteiger charge is 2.31. The predicted octanol–water partition coefficient (Wildman–Crippen LogP) is 5.15. The Hall–Kier alpha value is -1.90. The standard InChI is InChI=1S/C22H26O2/c1-4-10-20(11-5-1)16-23-18-22(14-8-3-9-15-22)19-24-17-21-12-6-2-7-13-21/h1-8,10-13H,9,14-19H2. The van der Waals surface area contributed by atoms with E-state index in [2.05, 4.69) is 60.7 Å². The van der Waals surface area contributed by atoms with Crippen molar-refractivity contribution < 1.29 is 9.47 Å². The van der Waals surface area contributed by atoms with Crippen LogP contribution in [0.15, 0.2) is 72.8 Å². The normalized spacial score (nSPS) is 16.2. The van der Waals surface area contributed by atoms with Crippen LogP contribution in [0.5, 0.6) is 0 Å². The molecule has 0 radical (unpaired) electrons. The molecule has 0 saturated carbocycles. The Morgan fingerprint density at radius 3 is 1.71 bits per heavy atom. The minimum atomic E-state index is 0.109. The zero-order valence-corrected chi connectivity index (χ0v) is 14.2. The summed E-state index contributed by atoms with van der Waals surface area (Å²) in [5.41, 5.74) is 2.56. The van der Waals surface area contributed by atoms with Gasteiger partial charge in [-0.3, -0.25) is 0 Å². The van der Waals surface area contributed by atoms with Crippen molar-refractivity contribution in [1.82, 2.24) is 0 Å². The zero-order valence-electron chi connectivity index (χ0n) is 14.2. The molecule has 1 aliphatic carbocycles. The van der Waals surface area contributed by atoms with Crippen LogP contribution in [0, 0.1) is 5.41 Å². The number of hydrogen-bond acceptors (Lipinski definition) is 2. The van der Waals surface area contributed by atoms with Gasteiger partial charge in [0, 0.05) is 5.41 Å². The summed E-state index contributed by atoms with van der Waals surface area (Å²) in [6.07, 6.45) is 7.83. The summed E-state index contributed by atoms with van der Waals surface area (Å²) in [5, 5.41) is 0. The van der Waals surface area contributed by atoms with Crippen molar-refractivity contribution in [3.05, 3.63) is 83.9 Å². The van der Waals surface area contributed by atoms with E-state index < -0.39 is 0 Å². The Bertz CT molecular complexity index is 573. The molecule has 2 nitrogen and oxygen atoms in total. The van der Waals surface area contributed by atoms with Gasteiger partial charge in [-0.2, -0.15) is 0 Å². The van der Waals surface area contributed by atoms with E-state index in [0.29, 0.717) is 13.2 Å². The Morgan fingerprint density at radius 2 is 1.25 bits per heavy atom. The first kappa shape index (κ1) is 16.9. The second kappa shape index (κ2) is 8.81. The molecule has 3 rings (SSSR count). The molecule has 126 valence electrons. The van der Waals surface area contributed by atoms with Gasteiger partial charge in [0.25, 0.3) is 0 Å². The number of allylic oxidation sites excluding steroid dienone is 2. The van der Waals surface area contributed by atoms with Gasteiger partial charge in [0.1, 0.15) is 0 Å². The van der Waals surface area contributed by atoms with E-state index in [0.717, 1.165) is 32.5 Å². The number of ether oxygens (including phenoxy) is 2. The lowest BCUT2D eigenvalue weighted by atomic mass is 9.78. The van der Waals surface area contributed by atoms with Gasteiger partial charge in [-0.25, -0.2) is 0 Å². The lowest BCUT2D eigenvalue weighted by Gasteiger charge is -2.34. The van der Waals surface area contributed by atoms with Gasteiger partial charge in [-0.15, -0.1) is 0 Å². The molecule has 0 unspecified atom stereocenters. The molecule has 0 atom stereocenters. The molecular weight excluding hydrogens is 296 g/mol. The van der Waals surface area contributed by atoms with Crippen molar-refractivity contribution in [1.29, 1.82) is 0 Å². The third kappa shape index (κ3) is 5.05. The molecule has 2 aromatic carbocycles. The van der Waals surface area contributed by atoms with Crippen LogP contribution in [0.4, 0.5) is 0 Å². The molecular formula is C22H26O2. The van der Waals surface area contributed by atoms with Crippen molar-refractivity contribution >= 4 is 0 Å². The van der Waals surface area contributed by atoms with Gasteiger partial charge in [0.2, 0.25) is 0 Å². The van der Waals surface area contributed by atoms with Gasteiger partial charge in [0.15, 0.2) is 0 Å². The zero-order chi connectivity index (χ0) is 16.5. The number of hydrogen-bond donors (Lipinski definition) is 0. The molecule has 0 aromatic heterocycles. The summed E-state index contributed by atoms with van der Waals surface area (Å²) in [6, 6.07) is 20.7. The second-order valence-electron chi connectivity index (χ2n) is 6.67. The summed E-state index contributed by atoms with van der Waals surface area (Å²) in [7, 11) is 0. The SMILES string of the molecule is C1=CCC(COCc2ccccc2)(COCc2ccccc2)CC1. The van der Waals surface area contributed by atoms with Crippen LogP contribution in [0.2, 0.25) is 0 Å². The molecule has 0 spiro atoms. The van der Waals surface area contributed by atoms with Crippen molar-refractivity contribution in [2.75, 3.05) is 13.2 Å². The lowest BCUT2D eigenvalue weighted by Crippen LogP contribution is -2.33. The topological polar surface area (TPSA) is 18.5 Å². The van der Waals surface area contributed by atoms with E-state index in [1.807, 2.05) is 12.1 Å². The molecule has 1 aliphatic rings. The average molecular weight is 322 g/mol. The molecule has 0 bridgehead atoms. The van der Waals surface area contributed by atoms with E-state index in [1.165, 1.54) is 11.1 Å². The Balaban J connectivity index is 1.51. The quantitative estimate of drug-likeness (QED) is 0.626. The molecule has 0 saturated heterocycles. The van der Waals surface area contributed by atoms with E-state index in [4.69, 9.17) is 9.47 Å². The smallest absolute Gasteiger partial charge is 0.0717 e. The van der Waals surface area contributed by atoms with Crippen molar-refractivity contribution in [2.45, 2.75) is 32.5 Å². The largest absolute Gasteiger partial charge is 0.376 e. The van der Waals surface area contributed by atoms with E-state index >= 15 is 0 Å². The number of rotatable bonds is 8. The summed E-state index contributed by atoms with van der Waals surface area (Å²) in [5.74, 6) is 0. The molecule has 0 aliphatic heterocycles. The van der Waals surface area contributed by atoms with E-state index in [9.17, 15) is 0 Å². The fourth-order valence-electron chi connectivity index (χ4n) is 3.17. The van der Waals surface area contributed by atoms with E-state index in [-0.39, 0.29) is 5.41 Å². The predicted molar refractivity (Wildman–Crippen MR) is 97.6 cm³/mol. The van der Waals surface area contributed by atoms with E-state index in [1.54, 1.807) is 0 Å².